The van der Waals surface area contributed by atoms with Gasteiger partial charge in [0.05, 0.1) is 0 Å². The number of nitrogens with one attached hydrogen (secondary N) is 2. The van der Waals surface area contributed by atoms with Crippen molar-refractivity contribution in [1.82, 2.24) is 10.3 Å². The van der Waals surface area contributed by atoms with Gasteiger partial charge in [-0.3, -0.25) is 4.98 Å². The molecule has 6 heteroatoms. The molecule has 1 aromatic carbocycles. The maximum absolute atomic E-state index is 10.8. The molecule has 0 fully saturated rings. The van der Waals surface area contributed by atoms with Crippen LogP contribution in [0.5, 0.6) is 0 Å². The average Bonchev–Trinajstić information content (AvgIpc) is 2.45. The topological polar surface area (TPSA) is 80.0 Å². The lowest BCUT2D eigenvalue weighted by molar-refractivity contribution is 0.259. The summed E-state index contributed by atoms with van der Waals surface area (Å²) in [7, 11) is 0. The van der Waals surface area contributed by atoms with E-state index in [1.54, 1.807) is 6.20 Å². The van der Waals surface area contributed by atoms with Crippen LogP contribution in [0.2, 0.25) is 0 Å². The van der Waals surface area contributed by atoms with E-state index in [2.05, 4.69) is 38.5 Å². The van der Waals surface area contributed by atoms with Crippen LogP contribution in [0.15, 0.2) is 47.2 Å². The Bertz CT molecular complexity index is 615. The van der Waals surface area contributed by atoms with Crippen molar-refractivity contribution in [2.45, 2.75) is 19.5 Å². The van der Waals surface area contributed by atoms with Gasteiger partial charge in [-0.15, -0.1) is 0 Å². The number of benzene rings is 1. The zero-order valence-corrected chi connectivity index (χ0v) is 13.2. The van der Waals surface area contributed by atoms with Gasteiger partial charge in [-0.25, -0.2) is 4.79 Å². The van der Waals surface area contributed by atoms with Gasteiger partial charge in [0.25, 0.3) is 0 Å². The van der Waals surface area contributed by atoms with Crippen molar-refractivity contribution < 1.29 is 4.79 Å². The number of halogens is 1. The minimum Gasteiger partial charge on any atom is -0.351 e. The van der Waals surface area contributed by atoms with Crippen molar-refractivity contribution in [2.75, 3.05) is 5.32 Å². The van der Waals surface area contributed by atoms with Crippen molar-refractivity contribution in [3.8, 4) is 0 Å². The number of hydrogen-bond acceptors (Lipinski definition) is 3. The predicted molar refractivity (Wildman–Crippen MR) is 86.8 cm³/mol. The van der Waals surface area contributed by atoms with Crippen LogP contribution in [0.25, 0.3) is 0 Å². The molecule has 110 valence electrons. The molecule has 1 unspecified atom stereocenters. The summed E-state index contributed by atoms with van der Waals surface area (Å²) in [6.45, 7) is 2.82. The van der Waals surface area contributed by atoms with Crippen molar-refractivity contribution >= 4 is 27.6 Å². The van der Waals surface area contributed by atoms with Crippen molar-refractivity contribution in [1.29, 1.82) is 0 Å². The first kappa shape index (κ1) is 15.5. The normalized spacial score (nSPS) is 11.9. The number of nitrogens with two attached hydrogens (primary N) is 1. The fraction of sp³-hybridized carbons (Fsp3) is 0.200. The van der Waals surface area contributed by atoms with E-state index in [1.807, 2.05) is 36.5 Å². The van der Waals surface area contributed by atoms with E-state index in [0.29, 0.717) is 5.69 Å². The summed E-state index contributed by atoms with van der Waals surface area (Å²) < 4.78 is 0.969. The van der Waals surface area contributed by atoms with E-state index in [9.17, 15) is 4.79 Å². The third kappa shape index (κ3) is 4.84. The number of nitrogens with zero attached hydrogens (tertiary/aromatic N) is 1. The fourth-order valence-corrected chi connectivity index (χ4v) is 2.35. The molecule has 1 heterocycles. The lowest BCUT2D eigenvalue weighted by atomic mass is 10.1. The molecule has 5 nitrogen and oxygen atoms in total. The molecule has 0 radical (unpaired) electrons. The Balaban J connectivity index is 1.93. The predicted octanol–water partition coefficient (Wildman–Crippen LogP) is 3.19. The van der Waals surface area contributed by atoms with Crippen LogP contribution in [-0.4, -0.2) is 11.0 Å². The smallest absolute Gasteiger partial charge is 0.316 e. The lowest BCUT2D eigenvalue weighted by Crippen LogP contribution is -2.20. The minimum absolute atomic E-state index is 0.187. The standard InChI is InChI=1S/C15H17BrN4O/c1-10(19-8-11-6-13(16)9-18-7-11)12-2-4-14(5-3-12)20-15(17)21/h2-7,9-10,19H,8H2,1H3,(H3,17,20,21). The second-order valence-electron chi connectivity index (χ2n) is 4.73. The van der Waals surface area contributed by atoms with Gasteiger partial charge < -0.3 is 16.4 Å². The van der Waals surface area contributed by atoms with Crippen LogP contribution in [0, 0.1) is 0 Å². The van der Waals surface area contributed by atoms with Crippen LogP contribution in [0.3, 0.4) is 0 Å². The third-order valence-corrected chi connectivity index (χ3v) is 3.49. The first-order valence-electron chi connectivity index (χ1n) is 6.54. The molecular weight excluding hydrogens is 332 g/mol. The number of rotatable bonds is 5. The Morgan fingerprint density at radius 3 is 2.67 bits per heavy atom. The first-order chi connectivity index (χ1) is 10.0. The number of aromatic nitrogens is 1. The molecule has 0 spiro atoms. The summed E-state index contributed by atoms with van der Waals surface area (Å²) in [5, 5.41) is 5.97. The summed E-state index contributed by atoms with van der Waals surface area (Å²) in [6.07, 6.45) is 3.60. The van der Waals surface area contributed by atoms with E-state index in [1.165, 1.54) is 0 Å². The molecule has 1 atom stereocenters. The summed E-state index contributed by atoms with van der Waals surface area (Å²) >= 11 is 3.41. The molecule has 21 heavy (non-hydrogen) atoms. The number of anilines is 1. The molecule has 2 rings (SSSR count). The molecule has 2 aromatic rings. The van der Waals surface area contributed by atoms with Gasteiger partial charge in [-0.05, 0) is 52.2 Å². The number of carbonyl (C=O) groups is 1. The summed E-state index contributed by atoms with van der Waals surface area (Å²) in [6, 6.07) is 9.25. The van der Waals surface area contributed by atoms with E-state index in [0.717, 1.165) is 22.1 Å². The van der Waals surface area contributed by atoms with Gasteiger partial charge in [0, 0.05) is 35.1 Å². The van der Waals surface area contributed by atoms with Crippen LogP contribution in [0.1, 0.15) is 24.1 Å². The average molecular weight is 349 g/mol. The second-order valence-corrected chi connectivity index (χ2v) is 5.64. The van der Waals surface area contributed by atoms with Gasteiger partial charge in [-0.2, -0.15) is 0 Å². The number of hydrogen-bond donors (Lipinski definition) is 3. The Kier molecular flexibility index (Phi) is 5.30. The zero-order chi connectivity index (χ0) is 15.2. The quantitative estimate of drug-likeness (QED) is 0.776. The SMILES string of the molecule is CC(NCc1cncc(Br)c1)c1ccc(NC(N)=O)cc1. The number of primary amides is 1. The minimum atomic E-state index is -0.559. The van der Waals surface area contributed by atoms with Crippen LogP contribution in [-0.2, 0) is 6.54 Å². The van der Waals surface area contributed by atoms with Gasteiger partial charge in [0.1, 0.15) is 0 Å². The Hall–Kier alpha value is -1.92. The monoisotopic (exact) mass is 348 g/mol. The summed E-state index contributed by atoms with van der Waals surface area (Å²) in [4.78, 5) is 14.9. The highest BCUT2D eigenvalue weighted by Gasteiger charge is 2.05. The number of pyridine rings is 1. The van der Waals surface area contributed by atoms with Crippen LogP contribution in [0.4, 0.5) is 10.5 Å². The van der Waals surface area contributed by atoms with Crippen molar-refractivity contribution in [3.63, 3.8) is 0 Å². The largest absolute Gasteiger partial charge is 0.351 e. The Labute approximate surface area is 132 Å². The molecule has 0 saturated heterocycles. The highest BCUT2D eigenvalue weighted by molar-refractivity contribution is 9.10. The molecule has 0 saturated carbocycles. The molecular formula is C15H17BrN4O. The van der Waals surface area contributed by atoms with E-state index >= 15 is 0 Å². The highest BCUT2D eigenvalue weighted by atomic mass is 79.9. The van der Waals surface area contributed by atoms with Crippen LogP contribution < -0.4 is 16.4 Å². The number of urea groups is 1. The van der Waals surface area contributed by atoms with Gasteiger partial charge in [0.2, 0.25) is 0 Å². The zero-order valence-electron chi connectivity index (χ0n) is 11.6. The van der Waals surface area contributed by atoms with Crippen LogP contribution >= 0.6 is 15.9 Å². The maximum Gasteiger partial charge on any atom is 0.316 e. The molecule has 0 bridgehead atoms. The van der Waals surface area contributed by atoms with E-state index in [-0.39, 0.29) is 6.04 Å². The lowest BCUT2D eigenvalue weighted by Gasteiger charge is -2.15. The first-order valence-corrected chi connectivity index (χ1v) is 7.33. The Morgan fingerprint density at radius 1 is 1.33 bits per heavy atom. The Morgan fingerprint density at radius 2 is 2.05 bits per heavy atom. The summed E-state index contributed by atoms with van der Waals surface area (Å²) in [5.41, 5.74) is 8.01. The van der Waals surface area contributed by atoms with Gasteiger partial charge in [-0.1, -0.05) is 12.1 Å². The third-order valence-electron chi connectivity index (χ3n) is 3.05. The fourth-order valence-electron chi connectivity index (χ4n) is 1.94. The van der Waals surface area contributed by atoms with Crippen molar-refractivity contribution in [3.05, 3.63) is 58.3 Å². The molecule has 0 aliphatic carbocycles. The molecule has 2 amide bonds. The van der Waals surface area contributed by atoms with E-state index in [4.69, 9.17) is 5.73 Å². The van der Waals surface area contributed by atoms with Gasteiger partial charge >= 0.3 is 6.03 Å². The molecule has 0 aliphatic rings. The molecule has 4 N–H and O–H groups in total. The number of carbonyl (C=O) groups excluding carboxylic acids is 1. The maximum atomic E-state index is 10.8. The number of amides is 2. The molecule has 0 aliphatic heterocycles. The second kappa shape index (κ2) is 7.19. The highest BCUT2D eigenvalue weighted by Crippen LogP contribution is 2.17. The van der Waals surface area contributed by atoms with Crippen molar-refractivity contribution in [2.24, 2.45) is 5.73 Å². The van der Waals surface area contributed by atoms with Gasteiger partial charge in [0.15, 0.2) is 0 Å². The van der Waals surface area contributed by atoms with E-state index < -0.39 is 6.03 Å². The summed E-state index contributed by atoms with van der Waals surface area (Å²) in [5.74, 6) is 0. The molecule has 1 aromatic heterocycles.